The van der Waals surface area contributed by atoms with Gasteiger partial charge >= 0.3 is 0 Å². The van der Waals surface area contributed by atoms with Gasteiger partial charge in [0.15, 0.2) is 0 Å². The van der Waals surface area contributed by atoms with E-state index in [1.807, 2.05) is 6.20 Å². The van der Waals surface area contributed by atoms with Crippen molar-refractivity contribution in [1.29, 1.82) is 0 Å². The van der Waals surface area contributed by atoms with Crippen LogP contribution in [0.1, 0.15) is 49.1 Å². The predicted molar refractivity (Wildman–Crippen MR) is 89.4 cm³/mol. The van der Waals surface area contributed by atoms with Crippen LogP contribution >= 0.6 is 0 Å². The predicted octanol–water partition coefficient (Wildman–Crippen LogP) is 2.89. The number of rotatable bonds is 4. The van der Waals surface area contributed by atoms with Crippen molar-refractivity contribution in [2.24, 2.45) is 0 Å². The molecule has 0 aromatic carbocycles. The van der Waals surface area contributed by atoms with Crippen LogP contribution in [0.5, 0.6) is 5.88 Å². The first-order valence-electron chi connectivity index (χ1n) is 8.70. The lowest BCUT2D eigenvalue weighted by Gasteiger charge is -2.31. The minimum absolute atomic E-state index is 0.622. The third kappa shape index (κ3) is 3.79. The molecule has 1 unspecified atom stereocenters. The number of piperidine rings is 2. The highest BCUT2D eigenvalue weighted by atomic mass is 16.5. The summed E-state index contributed by atoms with van der Waals surface area (Å²) in [6.07, 6.45) is 8.62. The molecule has 3 heterocycles. The van der Waals surface area contributed by atoms with Crippen LogP contribution in [0.15, 0.2) is 12.3 Å². The molecule has 1 aromatic heterocycles. The number of hydrogen-bond acceptors (Lipinski definition) is 4. The molecule has 0 amide bonds. The van der Waals surface area contributed by atoms with Crippen LogP contribution in [0.3, 0.4) is 0 Å². The maximum Gasteiger partial charge on any atom is 0.217 e. The summed E-state index contributed by atoms with van der Waals surface area (Å²) in [6.45, 7) is 5.77. The Morgan fingerprint density at radius 1 is 1.18 bits per heavy atom. The Morgan fingerprint density at radius 3 is 2.73 bits per heavy atom. The van der Waals surface area contributed by atoms with E-state index in [2.05, 4.69) is 27.9 Å². The molecule has 0 bridgehead atoms. The van der Waals surface area contributed by atoms with Gasteiger partial charge in [-0.05, 0) is 69.9 Å². The van der Waals surface area contributed by atoms with Crippen molar-refractivity contribution in [3.63, 3.8) is 0 Å². The third-order valence-electron chi connectivity index (χ3n) is 5.08. The van der Waals surface area contributed by atoms with Crippen LogP contribution in [0, 0.1) is 0 Å². The first-order chi connectivity index (χ1) is 10.8. The number of ether oxygens (including phenoxy) is 1. The fourth-order valence-electron chi connectivity index (χ4n) is 3.83. The Labute approximate surface area is 134 Å². The van der Waals surface area contributed by atoms with Gasteiger partial charge in [-0.1, -0.05) is 6.42 Å². The van der Waals surface area contributed by atoms with Gasteiger partial charge in [-0.15, -0.1) is 0 Å². The van der Waals surface area contributed by atoms with Crippen LogP contribution in [0.4, 0.5) is 0 Å². The lowest BCUT2D eigenvalue weighted by Crippen LogP contribution is -2.31. The molecule has 22 heavy (non-hydrogen) atoms. The van der Waals surface area contributed by atoms with E-state index in [9.17, 15) is 0 Å². The van der Waals surface area contributed by atoms with Crippen molar-refractivity contribution >= 4 is 0 Å². The Hall–Kier alpha value is -1.13. The van der Waals surface area contributed by atoms with E-state index < -0.39 is 0 Å². The molecule has 2 aliphatic rings. The van der Waals surface area contributed by atoms with E-state index in [0.717, 1.165) is 19.0 Å². The fraction of sp³-hybridized carbons (Fsp3) is 0.722. The van der Waals surface area contributed by atoms with Crippen molar-refractivity contribution in [1.82, 2.24) is 14.8 Å². The van der Waals surface area contributed by atoms with E-state index in [1.54, 1.807) is 7.11 Å². The molecular weight excluding hydrogens is 274 g/mol. The molecule has 2 aliphatic heterocycles. The molecule has 3 rings (SSSR count). The van der Waals surface area contributed by atoms with E-state index in [4.69, 9.17) is 4.74 Å². The number of aromatic nitrogens is 1. The van der Waals surface area contributed by atoms with Gasteiger partial charge in [0.05, 0.1) is 7.11 Å². The Bertz CT molecular complexity index is 485. The Balaban J connectivity index is 1.76. The SMILES string of the molecule is COc1ncc(C2CCCN(C)C2)cc1CN1CCCCC1. The quantitative estimate of drug-likeness (QED) is 0.855. The molecule has 4 nitrogen and oxygen atoms in total. The van der Waals surface area contributed by atoms with E-state index in [0.29, 0.717) is 5.92 Å². The topological polar surface area (TPSA) is 28.6 Å². The van der Waals surface area contributed by atoms with Crippen LogP contribution in [0.25, 0.3) is 0 Å². The normalized spacial score (nSPS) is 24.4. The number of likely N-dealkylation sites (N-methyl/N-ethyl adjacent to an activating group) is 1. The smallest absolute Gasteiger partial charge is 0.217 e. The van der Waals surface area contributed by atoms with Crippen LogP contribution in [-0.2, 0) is 6.54 Å². The molecular formula is C18H29N3O. The highest BCUT2D eigenvalue weighted by Gasteiger charge is 2.21. The number of likely N-dealkylation sites (tertiary alicyclic amines) is 2. The van der Waals surface area contributed by atoms with Gasteiger partial charge in [-0.3, -0.25) is 4.90 Å². The maximum absolute atomic E-state index is 5.50. The minimum atomic E-state index is 0.622. The van der Waals surface area contributed by atoms with Gasteiger partial charge in [0, 0.05) is 24.8 Å². The summed E-state index contributed by atoms with van der Waals surface area (Å²) >= 11 is 0. The maximum atomic E-state index is 5.50. The highest BCUT2D eigenvalue weighted by Crippen LogP contribution is 2.29. The van der Waals surface area contributed by atoms with Crippen LogP contribution < -0.4 is 4.74 Å². The number of hydrogen-bond donors (Lipinski definition) is 0. The van der Waals surface area contributed by atoms with Crippen molar-refractivity contribution < 1.29 is 4.74 Å². The van der Waals surface area contributed by atoms with Gasteiger partial charge in [0.2, 0.25) is 5.88 Å². The standard InChI is InChI=1S/C18H29N3O/c1-20-8-6-7-15(13-20)16-11-17(18(22-2)19-12-16)14-21-9-4-3-5-10-21/h11-12,15H,3-10,13-14H2,1-2H3. The molecule has 1 atom stereocenters. The zero-order valence-corrected chi connectivity index (χ0v) is 14.1. The summed E-state index contributed by atoms with van der Waals surface area (Å²) in [5, 5.41) is 0. The minimum Gasteiger partial charge on any atom is -0.481 e. The van der Waals surface area contributed by atoms with Crippen LogP contribution in [-0.4, -0.2) is 55.1 Å². The van der Waals surface area contributed by atoms with Gasteiger partial charge in [-0.2, -0.15) is 0 Å². The lowest BCUT2D eigenvalue weighted by atomic mass is 9.91. The summed E-state index contributed by atoms with van der Waals surface area (Å²) in [4.78, 5) is 9.57. The summed E-state index contributed by atoms with van der Waals surface area (Å²) in [7, 11) is 3.95. The van der Waals surface area contributed by atoms with Crippen molar-refractivity contribution in [3.8, 4) is 5.88 Å². The van der Waals surface area contributed by atoms with Gasteiger partial charge in [-0.25, -0.2) is 4.98 Å². The van der Waals surface area contributed by atoms with Crippen molar-refractivity contribution in [2.45, 2.75) is 44.6 Å². The Kier molecular flexibility index (Phi) is 5.32. The van der Waals surface area contributed by atoms with Gasteiger partial charge in [0.1, 0.15) is 0 Å². The lowest BCUT2D eigenvalue weighted by molar-refractivity contribution is 0.217. The molecule has 122 valence electrons. The van der Waals surface area contributed by atoms with E-state index in [-0.39, 0.29) is 0 Å². The van der Waals surface area contributed by atoms with Crippen molar-refractivity contribution in [3.05, 3.63) is 23.4 Å². The molecule has 0 N–H and O–H groups in total. The molecule has 0 radical (unpaired) electrons. The Morgan fingerprint density at radius 2 is 2.00 bits per heavy atom. The van der Waals surface area contributed by atoms with Crippen molar-refractivity contribution in [2.75, 3.05) is 40.3 Å². The number of methoxy groups -OCH3 is 1. The summed E-state index contributed by atoms with van der Waals surface area (Å²) in [5.41, 5.74) is 2.65. The number of nitrogens with zero attached hydrogens (tertiary/aromatic N) is 3. The van der Waals surface area contributed by atoms with Gasteiger partial charge in [0.25, 0.3) is 0 Å². The van der Waals surface area contributed by atoms with Crippen LogP contribution in [0.2, 0.25) is 0 Å². The summed E-state index contributed by atoms with van der Waals surface area (Å²) in [5.74, 6) is 1.43. The molecule has 0 saturated carbocycles. The average molecular weight is 303 g/mol. The first-order valence-corrected chi connectivity index (χ1v) is 8.70. The zero-order valence-electron chi connectivity index (χ0n) is 14.1. The molecule has 2 saturated heterocycles. The first kappa shape index (κ1) is 15.8. The van der Waals surface area contributed by atoms with Gasteiger partial charge < -0.3 is 9.64 Å². The highest BCUT2D eigenvalue weighted by molar-refractivity contribution is 5.32. The monoisotopic (exact) mass is 303 g/mol. The summed E-state index contributed by atoms with van der Waals surface area (Å²) in [6, 6.07) is 2.35. The van der Waals surface area contributed by atoms with E-state index >= 15 is 0 Å². The zero-order chi connectivity index (χ0) is 15.4. The second-order valence-electron chi connectivity index (χ2n) is 6.88. The molecule has 0 aliphatic carbocycles. The summed E-state index contributed by atoms with van der Waals surface area (Å²) < 4.78 is 5.50. The molecule has 2 fully saturated rings. The number of pyridine rings is 1. The third-order valence-corrected chi connectivity index (χ3v) is 5.08. The molecule has 1 aromatic rings. The van der Waals surface area contributed by atoms with E-state index in [1.165, 1.54) is 62.9 Å². The largest absolute Gasteiger partial charge is 0.481 e. The second-order valence-corrected chi connectivity index (χ2v) is 6.88. The average Bonchev–Trinajstić information content (AvgIpc) is 2.56. The second kappa shape index (κ2) is 7.42. The molecule has 4 heteroatoms. The molecule has 0 spiro atoms. The fourth-order valence-corrected chi connectivity index (χ4v) is 3.83.